The van der Waals surface area contributed by atoms with Crippen LogP contribution in [0.25, 0.3) is 0 Å². The lowest BCUT2D eigenvalue weighted by Crippen LogP contribution is -2.32. The van der Waals surface area contributed by atoms with Gasteiger partial charge in [0.15, 0.2) is 0 Å². The summed E-state index contributed by atoms with van der Waals surface area (Å²) in [5.74, 6) is 0.0516. The van der Waals surface area contributed by atoms with Crippen LogP contribution in [0.2, 0.25) is 0 Å². The number of amides is 3. The van der Waals surface area contributed by atoms with Gasteiger partial charge in [-0.15, -0.1) is 0 Å². The first kappa shape index (κ1) is 16.1. The lowest BCUT2D eigenvalue weighted by atomic mass is 10.1. The Labute approximate surface area is 141 Å². The molecule has 0 aromatic heterocycles. The van der Waals surface area contributed by atoms with E-state index in [1.54, 1.807) is 12.1 Å². The van der Waals surface area contributed by atoms with Crippen LogP contribution in [0.4, 0.5) is 4.79 Å². The van der Waals surface area contributed by atoms with Crippen LogP contribution in [-0.2, 0) is 13.1 Å². The van der Waals surface area contributed by atoms with E-state index in [2.05, 4.69) is 5.32 Å². The molecule has 1 fully saturated rings. The van der Waals surface area contributed by atoms with Crippen LogP contribution in [0.5, 0.6) is 0 Å². The lowest BCUT2D eigenvalue weighted by molar-refractivity contribution is 0.0730. The zero-order valence-electron chi connectivity index (χ0n) is 13.4. The van der Waals surface area contributed by atoms with Crippen molar-refractivity contribution < 1.29 is 9.59 Å². The Balaban J connectivity index is 1.69. The minimum absolute atomic E-state index is 0.0516. The summed E-state index contributed by atoms with van der Waals surface area (Å²) in [5.41, 5.74) is 7.78. The number of rotatable bonds is 6. The second-order valence-electron chi connectivity index (χ2n) is 6.06. The Hall–Kier alpha value is -2.82. The minimum Gasteiger partial charge on any atom is -0.352 e. The largest absolute Gasteiger partial charge is 0.352 e. The van der Waals surface area contributed by atoms with Gasteiger partial charge >= 0.3 is 6.03 Å². The lowest BCUT2D eigenvalue weighted by Gasteiger charge is -2.23. The minimum atomic E-state index is -0.557. The van der Waals surface area contributed by atoms with Crippen LogP contribution in [0.3, 0.4) is 0 Å². The van der Waals surface area contributed by atoms with Crippen LogP contribution < -0.4 is 11.1 Å². The van der Waals surface area contributed by atoms with Gasteiger partial charge in [0.2, 0.25) is 0 Å². The normalized spacial score (nSPS) is 13.3. The third-order valence-electron chi connectivity index (χ3n) is 4.11. The number of carbonyl (C=O) groups excluding carboxylic acids is 2. The van der Waals surface area contributed by atoms with Gasteiger partial charge in [-0.1, -0.05) is 42.5 Å². The molecule has 0 atom stereocenters. The molecule has 0 aliphatic heterocycles. The van der Waals surface area contributed by atoms with Gasteiger partial charge in [0.25, 0.3) is 5.91 Å². The number of nitrogens with two attached hydrogens (primary N) is 1. The fourth-order valence-corrected chi connectivity index (χ4v) is 2.65. The Kier molecular flexibility index (Phi) is 4.79. The van der Waals surface area contributed by atoms with Crippen molar-refractivity contribution in [3.8, 4) is 0 Å². The molecule has 3 amide bonds. The van der Waals surface area contributed by atoms with E-state index in [1.165, 1.54) is 0 Å². The molecule has 5 heteroatoms. The maximum Gasteiger partial charge on any atom is 0.312 e. The predicted octanol–water partition coefficient (Wildman–Crippen LogP) is 2.66. The number of nitrogens with one attached hydrogen (secondary N) is 1. The zero-order chi connectivity index (χ0) is 16.9. The highest BCUT2D eigenvalue weighted by molar-refractivity contribution is 5.94. The summed E-state index contributed by atoms with van der Waals surface area (Å²) < 4.78 is 0. The molecule has 2 aromatic rings. The predicted molar refractivity (Wildman–Crippen MR) is 92.2 cm³/mol. The summed E-state index contributed by atoms with van der Waals surface area (Å²) in [4.78, 5) is 25.5. The van der Waals surface area contributed by atoms with E-state index in [1.807, 2.05) is 47.4 Å². The molecule has 2 aromatic carbocycles. The number of hydrogen-bond acceptors (Lipinski definition) is 2. The van der Waals surface area contributed by atoms with Crippen molar-refractivity contribution in [3.05, 3.63) is 71.3 Å². The van der Waals surface area contributed by atoms with Crippen molar-refractivity contribution in [1.82, 2.24) is 10.2 Å². The molecule has 3 rings (SSSR count). The van der Waals surface area contributed by atoms with E-state index in [9.17, 15) is 9.59 Å². The van der Waals surface area contributed by atoms with E-state index < -0.39 is 6.03 Å². The Morgan fingerprint density at radius 2 is 1.67 bits per heavy atom. The fraction of sp³-hybridized carbons (Fsp3) is 0.263. The molecule has 0 spiro atoms. The quantitative estimate of drug-likeness (QED) is 0.857. The zero-order valence-corrected chi connectivity index (χ0v) is 13.4. The molecule has 0 unspecified atom stereocenters. The van der Waals surface area contributed by atoms with Crippen molar-refractivity contribution in [1.29, 1.82) is 0 Å². The van der Waals surface area contributed by atoms with Gasteiger partial charge in [0, 0.05) is 24.7 Å². The molecule has 0 radical (unpaired) electrons. The maximum atomic E-state index is 12.8. The molecule has 24 heavy (non-hydrogen) atoms. The molecular formula is C19H21N3O2. The number of benzene rings is 2. The summed E-state index contributed by atoms with van der Waals surface area (Å²) in [6.45, 7) is 0.996. The van der Waals surface area contributed by atoms with E-state index >= 15 is 0 Å². The summed E-state index contributed by atoms with van der Waals surface area (Å²) in [7, 11) is 0. The Morgan fingerprint density at radius 3 is 2.25 bits per heavy atom. The molecular weight excluding hydrogens is 302 g/mol. The number of nitrogens with zero attached hydrogens (tertiary/aromatic N) is 1. The maximum absolute atomic E-state index is 12.8. The van der Waals surface area contributed by atoms with Crippen molar-refractivity contribution in [2.75, 3.05) is 0 Å². The average molecular weight is 323 g/mol. The van der Waals surface area contributed by atoms with Gasteiger partial charge in [-0.2, -0.15) is 0 Å². The Morgan fingerprint density at radius 1 is 1.00 bits per heavy atom. The van der Waals surface area contributed by atoms with Gasteiger partial charge in [-0.05, 0) is 36.1 Å². The van der Waals surface area contributed by atoms with E-state index in [0.717, 1.165) is 24.0 Å². The van der Waals surface area contributed by atoms with Crippen LogP contribution in [0.15, 0.2) is 54.6 Å². The highest BCUT2D eigenvalue weighted by Gasteiger charge is 2.32. The molecule has 1 aliphatic carbocycles. The number of primary amides is 1. The van der Waals surface area contributed by atoms with Crippen LogP contribution in [0.1, 0.15) is 34.3 Å². The summed E-state index contributed by atoms with van der Waals surface area (Å²) >= 11 is 0. The van der Waals surface area contributed by atoms with Crippen molar-refractivity contribution in [2.24, 2.45) is 5.73 Å². The van der Waals surface area contributed by atoms with Crippen molar-refractivity contribution in [3.63, 3.8) is 0 Å². The van der Waals surface area contributed by atoms with Crippen molar-refractivity contribution in [2.45, 2.75) is 32.0 Å². The molecule has 124 valence electrons. The molecule has 0 heterocycles. The number of urea groups is 1. The van der Waals surface area contributed by atoms with Crippen LogP contribution in [0, 0.1) is 0 Å². The number of hydrogen-bond donors (Lipinski definition) is 2. The first-order valence-corrected chi connectivity index (χ1v) is 8.10. The average Bonchev–Trinajstić information content (AvgIpc) is 3.43. The molecule has 1 aliphatic rings. The third-order valence-corrected chi connectivity index (χ3v) is 4.11. The van der Waals surface area contributed by atoms with E-state index in [0.29, 0.717) is 24.7 Å². The standard InChI is InChI=1S/C19H21N3O2/c20-19(24)21-12-14-6-8-16(9-7-14)18(23)22(17-10-11-17)13-15-4-2-1-3-5-15/h1-9,17H,10-13H2,(H3,20,21,24). The SMILES string of the molecule is NC(=O)NCc1ccc(C(=O)N(Cc2ccccc2)C2CC2)cc1. The topological polar surface area (TPSA) is 75.4 Å². The highest BCUT2D eigenvalue weighted by atomic mass is 16.2. The monoisotopic (exact) mass is 323 g/mol. The van der Waals surface area contributed by atoms with Crippen LogP contribution in [-0.4, -0.2) is 22.9 Å². The van der Waals surface area contributed by atoms with E-state index in [4.69, 9.17) is 5.73 Å². The first-order chi connectivity index (χ1) is 11.6. The van der Waals surface area contributed by atoms with E-state index in [-0.39, 0.29) is 5.91 Å². The highest BCUT2D eigenvalue weighted by Crippen LogP contribution is 2.29. The second-order valence-corrected chi connectivity index (χ2v) is 6.06. The fourth-order valence-electron chi connectivity index (χ4n) is 2.65. The number of carbonyl (C=O) groups is 2. The van der Waals surface area contributed by atoms with Gasteiger partial charge in [0.1, 0.15) is 0 Å². The molecule has 5 nitrogen and oxygen atoms in total. The van der Waals surface area contributed by atoms with Crippen LogP contribution >= 0.6 is 0 Å². The summed E-state index contributed by atoms with van der Waals surface area (Å²) in [6, 6.07) is 17.1. The van der Waals surface area contributed by atoms with Crippen molar-refractivity contribution >= 4 is 11.9 Å². The second kappa shape index (κ2) is 7.17. The smallest absolute Gasteiger partial charge is 0.312 e. The Bertz CT molecular complexity index is 709. The van der Waals surface area contributed by atoms with Gasteiger partial charge in [-0.3, -0.25) is 4.79 Å². The third kappa shape index (κ3) is 4.13. The first-order valence-electron chi connectivity index (χ1n) is 8.10. The van der Waals surface area contributed by atoms with Gasteiger partial charge in [-0.25, -0.2) is 4.79 Å². The van der Waals surface area contributed by atoms with Gasteiger partial charge in [0.05, 0.1) is 0 Å². The summed E-state index contributed by atoms with van der Waals surface area (Å²) in [5, 5.41) is 2.54. The molecule has 0 saturated heterocycles. The van der Waals surface area contributed by atoms with Gasteiger partial charge < -0.3 is 16.0 Å². The molecule has 1 saturated carbocycles. The molecule has 3 N–H and O–H groups in total. The summed E-state index contributed by atoms with van der Waals surface area (Å²) in [6.07, 6.45) is 2.14. The molecule has 0 bridgehead atoms.